The van der Waals surface area contributed by atoms with E-state index >= 15 is 0 Å². The molecule has 0 amide bonds. The Kier molecular flexibility index (Phi) is 5.21. The van der Waals surface area contributed by atoms with Gasteiger partial charge in [-0.05, 0) is 49.4 Å². The third-order valence-corrected chi connectivity index (χ3v) is 3.26. The predicted octanol–water partition coefficient (Wildman–Crippen LogP) is 3.23. The smallest absolute Gasteiger partial charge is 0.151 e. The molecule has 0 saturated heterocycles. The van der Waals surface area contributed by atoms with E-state index in [4.69, 9.17) is 22.1 Å². The van der Waals surface area contributed by atoms with Gasteiger partial charge >= 0.3 is 0 Å². The van der Waals surface area contributed by atoms with Gasteiger partial charge in [0.1, 0.15) is 5.75 Å². The van der Waals surface area contributed by atoms with Crippen LogP contribution in [0.25, 0.3) is 0 Å². The number of rotatable bonds is 6. The summed E-state index contributed by atoms with van der Waals surface area (Å²) in [7, 11) is 1.65. The molecule has 0 unspecified atom stereocenters. The highest BCUT2D eigenvalue weighted by atomic mass is 35.5. The van der Waals surface area contributed by atoms with E-state index in [0.717, 1.165) is 30.2 Å². The molecule has 1 aromatic heterocycles. The van der Waals surface area contributed by atoms with Crippen molar-refractivity contribution in [1.29, 1.82) is 0 Å². The SMILES string of the molecule is COc1ccc(N(CCCN)c2ncccc2Cl)cc1. The molecule has 0 bridgehead atoms. The van der Waals surface area contributed by atoms with Crippen LogP contribution in [0.1, 0.15) is 6.42 Å². The Bertz CT molecular complexity index is 545. The number of benzene rings is 1. The molecule has 20 heavy (non-hydrogen) atoms. The summed E-state index contributed by atoms with van der Waals surface area (Å²) in [6.45, 7) is 1.39. The van der Waals surface area contributed by atoms with Crippen LogP contribution in [0.5, 0.6) is 5.75 Å². The van der Waals surface area contributed by atoms with Gasteiger partial charge in [0.25, 0.3) is 0 Å². The van der Waals surface area contributed by atoms with Crippen molar-refractivity contribution in [2.45, 2.75) is 6.42 Å². The lowest BCUT2D eigenvalue weighted by Gasteiger charge is -2.24. The van der Waals surface area contributed by atoms with Gasteiger partial charge < -0.3 is 15.4 Å². The lowest BCUT2D eigenvalue weighted by Crippen LogP contribution is -2.22. The van der Waals surface area contributed by atoms with Crippen molar-refractivity contribution in [3.63, 3.8) is 0 Å². The molecule has 1 heterocycles. The van der Waals surface area contributed by atoms with E-state index in [9.17, 15) is 0 Å². The first kappa shape index (κ1) is 14.6. The lowest BCUT2D eigenvalue weighted by atomic mass is 10.2. The van der Waals surface area contributed by atoms with E-state index in [2.05, 4.69) is 9.88 Å². The summed E-state index contributed by atoms with van der Waals surface area (Å²) in [5.41, 5.74) is 6.63. The van der Waals surface area contributed by atoms with Crippen LogP contribution >= 0.6 is 11.6 Å². The maximum Gasteiger partial charge on any atom is 0.151 e. The summed E-state index contributed by atoms with van der Waals surface area (Å²) in [4.78, 5) is 6.44. The van der Waals surface area contributed by atoms with Crippen molar-refractivity contribution in [3.8, 4) is 5.75 Å². The molecule has 0 aliphatic carbocycles. The van der Waals surface area contributed by atoms with Crippen LogP contribution in [0.2, 0.25) is 5.02 Å². The second-order valence-electron chi connectivity index (χ2n) is 4.30. The number of hydrogen-bond donors (Lipinski definition) is 1. The molecule has 106 valence electrons. The molecule has 0 aliphatic rings. The number of methoxy groups -OCH3 is 1. The van der Waals surface area contributed by atoms with E-state index in [1.165, 1.54) is 0 Å². The van der Waals surface area contributed by atoms with Crippen molar-refractivity contribution in [1.82, 2.24) is 4.98 Å². The zero-order valence-corrected chi connectivity index (χ0v) is 12.2. The topological polar surface area (TPSA) is 51.4 Å². The van der Waals surface area contributed by atoms with Crippen LogP contribution in [0, 0.1) is 0 Å². The first-order chi connectivity index (χ1) is 9.76. The number of anilines is 2. The molecule has 0 aliphatic heterocycles. The van der Waals surface area contributed by atoms with Gasteiger partial charge in [-0.2, -0.15) is 0 Å². The molecule has 0 spiro atoms. The zero-order chi connectivity index (χ0) is 14.4. The van der Waals surface area contributed by atoms with Crippen molar-refractivity contribution >= 4 is 23.1 Å². The zero-order valence-electron chi connectivity index (χ0n) is 11.4. The minimum atomic E-state index is 0.622. The molecule has 2 N–H and O–H groups in total. The molecule has 4 nitrogen and oxygen atoms in total. The van der Waals surface area contributed by atoms with Crippen LogP contribution < -0.4 is 15.4 Å². The van der Waals surface area contributed by atoms with Crippen LogP contribution in [0.3, 0.4) is 0 Å². The fourth-order valence-electron chi connectivity index (χ4n) is 1.94. The number of ether oxygens (including phenoxy) is 1. The van der Waals surface area contributed by atoms with Crippen molar-refractivity contribution in [3.05, 3.63) is 47.6 Å². The number of aromatic nitrogens is 1. The van der Waals surface area contributed by atoms with Gasteiger partial charge in [0, 0.05) is 18.4 Å². The fourth-order valence-corrected chi connectivity index (χ4v) is 2.17. The second kappa shape index (κ2) is 7.12. The van der Waals surface area contributed by atoms with Crippen LogP contribution in [-0.4, -0.2) is 25.2 Å². The van der Waals surface area contributed by atoms with Gasteiger partial charge in [-0.15, -0.1) is 0 Å². The maximum atomic E-state index is 6.25. The van der Waals surface area contributed by atoms with Gasteiger partial charge in [-0.1, -0.05) is 11.6 Å². The predicted molar refractivity (Wildman–Crippen MR) is 82.9 cm³/mol. The Hall–Kier alpha value is -1.78. The fraction of sp³-hybridized carbons (Fsp3) is 0.267. The molecule has 1 aromatic carbocycles. The Morgan fingerprint density at radius 2 is 2.00 bits per heavy atom. The highest BCUT2D eigenvalue weighted by Crippen LogP contribution is 2.30. The van der Waals surface area contributed by atoms with Gasteiger partial charge in [0.2, 0.25) is 0 Å². The molecule has 0 atom stereocenters. The number of nitrogens with two attached hydrogens (primary N) is 1. The minimum absolute atomic E-state index is 0.622. The van der Waals surface area contributed by atoms with Crippen molar-refractivity contribution < 1.29 is 4.74 Å². The first-order valence-corrected chi connectivity index (χ1v) is 6.86. The van der Waals surface area contributed by atoms with Gasteiger partial charge in [-0.25, -0.2) is 4.98 Å². The normalized spacial score (nSPS) is 10.3. The number of hydrogen-bond acceptors (Lipinski definition) is 4. The molecular formula is C15H18ClN3O. The average molecular weight is 292 g/mol. The van der Waals surface area contributed by atoms with Crippen molar-refractivity contribution in [2.75, 3.05) is 25.1 Å². The first-order valence-electron chi connectivity index (χ1n) is 6.48. The summed E-state index contributed by atoms with van der Waals surface area (Å²) in [6, 6.07) is 11.5. The Balaban J connectivity index is 2.33. The number of pyridine rings is 1. The molecular weight excluding hydrogens is 274 g/mol. The van der Waals surface area contributed by atoms with Gasteiger partial charge in [0.15, 0.2) is 5.82 Å². The van der Waals surface area contributed by atoms with Gasteiger partial charge in [0.05, 0.1) is 12.1 Å². The van der Waals surface area contributed by atoms with Crippen LogP contribution in [0.4, 0.5) is 11.5 Å². The highest BCUT2D eigenvalue weighted by molar-refractivity contribution is 6.33. The van der Waals surface area contributed by atoms with E-state index in [-0.39, 0.29) is 0 Å². The number of halogens is 1. The van der Waals surface area contributed by atoms with Gasteiger partial charge in [-0.3, -0.25) is 0 Å². The Labute approximate surface area is 124 Å². The van der Waals surface area contributed by atoms with E-state index < -0.39 is 0 Å². The summed E-state index contributed by atoms with van der Waals surface area (Å²) in [6.07, 6.45) is 2.60. The largest absolute Gasteiger partial charge is 0.497 e. The highest BCUT2D eigenvalue weighted by Gasteiger charge is 2.13. The Morgan fingerprint density at radius 1 is 1.25 bits per heavy atom. The van der Waals surface area contributed by atoms with E-state index in [1.54, 1.807) is 13.3 Å². The third kappa shape index (κ3) is 3.40. The summed E-state index contributed by atoms with van der Waals surface area (Å²) in [5.74, 6) is 1.56. The van der Waals surface area contributed by atoms with Crippen LogP contribution in [-0.2, 0) is 0 Å². The monoisotopic (exact) mass is 291 g/mol. The minimum Gasteiger partial charge on any atom is -0.497 e. The second-order valence-corrected chi connectivity index (χ2v) is 4.71. The summed E-state index contributed by atoms with van der Waals surface area (Å²) >= 11 is 6.25. The lowest BCUT2D eigenvalue weighted by molar-refractivity contribution is 0.415. The Morgan fingerprint density at radius 3 is 2.60 bits per heavy atom. The van der Waals surface area contributed by atoms with E-state index in [1.807, 2.05) is 36.4 Å². The molecule has 0 saturated carbocycles. The molecule has 2 aromatic rings. The number of nitrogens with zero attached hydrogens (tertiary/aromatic N) is 2. The molecule has 5 heteroatoms. The average Bonchev–Trinajstić information content (AvgIpc) is 2.50. The molecule has 2 rings (SSSR count). The summed E-state index contributed by atoms with van der Waals surface area (Å²) in [5, 5.41) is 0.625. The molecule has 0 radical (unpaired) electrons. The van der Waals surface area contributed by atoms with Crippen LogP contribution in [0.15, 0.2) is 42.6 Å². The summed E-state index contributed by atoms with van der Waals surface area (Å²) < 4.78 is 5.18. The quantitative estimate of drug-likeness (QED) is 0.888. The third-order valence-electron chi connectivity index (χ3n) is 2.96. The maximum absolute atomic E-state index is 6.25. The van der Waals surface area contributed by atoms with Crippen molar-refractivity contribution in [2.24, 2.45) is 5.73 Å². The standard InChI is InChI=1S/C15H18ClN3O/c1-20-13-7-5-12(6-8-13)19(11-3-9-17)15-14(16)4-2-10-18-15/h2,4-8,10H,3,9,11,17H2,1H3. The van der Waals surface area contributed by atoms with E-state index in [0.29, 0.717) is 11.6 Å². The molecule has 0 fully saturated rings.